The van der Waals surface area contributed by atoms with Crippen molar-refractivity contribution in [2.75, 3.05) is 0 Å². The average Bonchev–Trinajstić information content (AvgIpc) is 0.909. The van der Waals surface area contributed by atoms with E-state index in [1.807, 2.05) is 122 Å². The zero-order valence-electron chi connectivity index (χ0n) is 53.2. The number of aliphatic hydroxyl groups excluding tert-OH is 2. The summed E-state index contributed by atoms with van der Waals surface area (Å²) in [5.74, 6) is -0.354. The molecule has 12 rings (SSSR count). The van der Waals surface area contributed by atoms with Crippen LogP contribution in [0.3, 0.4) is 0 Å². The molecule has 5 heterocycles. The molecule has 12 aromatic rings. The van der Waals surface area contributed by atoms with Crippen molar-refractivity contribution in [2.24, 2.45) is 0 Å². The van der Waals surface area contributed by atoms with Gasteiger partial charge in [-0.05, 0) is 135 Å². The van der Waals surface area contributed by atoms with Gasteiger partial charge in [0, 0.05) is 113 Å². The number of hydrogen-bond acceptors (Lipinski definition) is 10. The molecule has 0 spiro atoms. The number of carbonyl (C=O) groups is 2. The number of nitrogens with zero attached hydrogens (tertiary/aromatic N) is 5. The Hall–Kier alpha value is -8.67. The van der Waals surface area contributed by atoms with Gasteiger partial charge in [0.05, 0.1) is 22.9 Å². The number of halogens is 1. The molecular weight excluding hydrogens is 1710 g/mol. The van der Waals surface area contributed by atoms with Crippen LogP contribution in [0.2, 0.25) is 0 Å². The van der Waals surface area contributed by atoms with Crippen molar-refractivity contribution in [3.05, 3.63) is 305 Å². The van der Waals surface area contributed by atoms with Crippen molar-refractivity contribution in [1.29, 1.82) is 0 Å². The fourth-order valence-electron chi connectivity index (χ4n) is 9.49. The molecule has 0 aliphatic heterocycles. The van der Waals surface area contributed by atoms with Gasteiger partial charge in [-0.2, -0.15) is 0 Å². The van der Waals surface area contributed by atoms with Crippen molar-refractivity contribution in [2.45, 2.75) is 69.2 Å². The average molecular weight is 1780 g/mol. The second-order valence-electron chi connectivity index (χ2n) is 21.1. The minimum Gasteiger partial charge on any atom is -0.512 e. The van der Waals surface area contributed by atoms with Crippen LogP contribution in [0, 0.1) is 71.6 Å². The largest absolute Gasteiger partial charge is 0.512 e. The summed E-state index contributed by atoms with van der Waals surface area (Å²) in [6.45, 7) is 18.4. The number of benzene rings is 7. The number of carbonyl (C=O) groups excluding carboxylic acids is 2. The molecule has 0 saturated heterocycles. The van der Waals surface area contributed by atoms with E-state index in [-0.39, 0.29) is 89.2 Å². The van der Waals surface area contributed by atoms with Crippen LogP contribution in [0.15, 0.2) is 242 Å². The van der Waals surface area contributed by atoms with E-state index in [9.17, 15) is 14.0 Å². The summed E-state index contributed by atoms with van der Waals surface area (Å²) in [4.78, 5) is 43.2. The number of ketones is 2. The van der Waals surface area contributed by atoms with Crippen molar-refractivity contribution in [1.82, 2.24) is 24.9 Å². The van der Waals surface area contributed by atoms with Gasteiger partial charge in [-0.1, -0.05) is 104 Å². The standard InChI is InChI=1S/C28H27N2.C17H11FN.C13H8NS.C11H8N.2C5H8O2.3Ir/c1-17-10-18(2)13-23(12-17)27-28(24-14-19(3)11-20(4)15-24)30-25(16-29-27)26-21(5)8-7-9-22(26)6;18-16-9-6-13(7-10-16)15-8-11-17(19-12-15)14-4-2-1-3-5-14;1-2-4-10(5-3-1)13-11-7-9-15-12(11)6-8-14-13;1-2-6-10(7-3-1)11-8-4-5-9-12-11;2*1-4(6)3-5(2)7;;;/h7-12,14-16H,1-6H3;1-4,6-12H;1-4,6-9H;1-6,8-9H;2*3,6H,1-2H3;;;/q4*-1;;;;;. The molecule has 0 unspecified atom stereocenters. The van der Waals surface area contributed by atoms with Gasteiger partial charge < -0.3 is 30.1 Å². The first kappa shape index (κ1) is 76.8. The molecule has 0 aliphatic carbocycles. The second kappa shape index (κ2) is 39.0. The number of fused-ring (bicyclic) bond motifs is 1. The van der Waals surface area contributed by atoms with Gasteiger partial charge in [0.2, 0.25) is 0 Å². The second-order valence-corrected chi connectivity index (χ2v) is 22.1. The third kappa shape index (κ3) is 24.4. The SMILES string of the molecule is CC(=O)C=C(C)O.CC(=O)C=C(C)O.Cc1[c-]c(-c2ncc(-c3c(C)cccc3C)nc2-c2cc(C)cc(C)c2)cc(C)c1.Fc1ccc(-c2ccc(-c3[c-]cccc3)nc2)cc1.[Ir].[Ir].[Ir].[c-]1ccccc1-c1ccccn1.[c-]1ccccc1-c1nccc2sccc12. The van der Waals surface area contributed by atoms with Crippen LogP contribution in [0.25, 0.3) is 88.8 Å². The summed E-state index contributed by atoms with van der Waals surface area (Å²) in [6, 6.07) is 74.0. The molecule has 93 heavy (non-hydrogen) atoms. The molecule has 0 aliphatic rings. The van der Waals surface area contributed by atoms with Crippen molar-refractivity contribution in [3.63, 3.8) is 0 Å². The molecule has 2 N–H and O–H groups in total. The first-order valence-corrected chi connectivity index (χ1v) is 29.8. The molecule has 3 radical (unpaired) electrons. The maximum Gasteiger partial charge on any atom is 0.155 e. The number of aliphatic hydroxyl groups is 2. The summed E-state index contributed by atoms with van der Waals surface area (Å²) in [5, 5.41) is 20.0. The third-order valence-electron chi connectivity index (χ3n) is 13.2. The monoisotopic (exact) mass is 1780 g/mol. The Labute approximate surface area is 590 Å². The summed E-state index contributed by atoms with van der Waals surface area (Å²) < 4.78 is 14.1. The molecule has 0 atom stereocenters. The number of allylic oxidation sites excluding steroid dienone is 4. The summed E-state index contributed by atoms with van der Waals surface area (Å²) >= 11 is 1.74. The van der Waals surface area contributed by atoms with E-state index in [2.05, 4.69) is 141 Å². The van der Waals surface area contributed by atoms with E-state index in [0.717, 1.165) is 84.2 Å². The van der Waals surface area contributed by atoms with Gasteiger partial charge in [0.15, 0.2) is 11.6 Å². The van der Waals surface area contributed by atoms with Crippen LogP contribution in [0.1, 0.15) is 61.1 Å². The number of thiophene rings is 1. The van der Waals surface area contributed by atoms with Crippen LogP contribution in [-0.4, -0.2) is 46.7 Å². The molecule has 0 fully saturated rings. The first-order valence-electron chi connectivity index (χ1n) is 29.0. The predicted octanol–water partition coefficient (Wildman–Crippen LogP) is 19.9. The molecule has 7 aromatic carbocycles. The summed E-state index contributed by atoms with van der Waals surface area (Å²) in [5.41, 5.74) is 21.0. The van der Waals surface area contributed by atoms with E-state index >= 15 is 0 Å². The Balaban J connectivity index is 0.000000255. The molecule has 0 saturated carbocycles. The minimum absolute atomic E-state index is 0. The van der Waals surface area contributed by atoms with Gasteiger partial charge in [-0.25, -0.2) is 4.39 Å². The van der Waals surface area contributed by atoms with E-state index < -0.39 is 0 Å². The molecule has 5 aromatic heterocycles. The summed E-state index contributed by atoms with van der Waals surface area (Å²) in [6.07, 6.45) is 9.68. The number of aromatic nitrogens is 5. The van der Waals surface area contributed by atoms with Crippen molar-refractivity contribution in [3.8, 4) is 78.7 Å². The van der Waals surface area contributed by atoms with Crippen molar-refractivity contribution >= 4 is 33.0 Å². The number of hydrogen-bond donors (Lipinski definition) is 2. The maximum atomic E-state index is 12.9. The minimum atomic E-state index is -0.229. The topological polar surface area (TPSA) is 139 Å². The Kier molecular flexibility index (Phi) is 32.2. The Morgan fingerprint density at radius 3 is 1.51 bits per heavy atom. The number of pyridine rings is 3. The van der Waals surface area contributed by atoms with E-state index in [0.29, 0.717) is 0 Å². The van der Waals surface area contributed by atoms with Gasteiger partial charge in [0.1, 0.15) is 5.82 Å². The zero-order chi connectivity index (χ0) is 64.5. The third-order valence-corrected chi connectivity index (χ3v) is 14.0. The Bertz CT molecular complexity index is 4230. The van der Waals surface area contributed by atoms with Crippen LogP contribution in [0.4, 0.5) is 4.39 Å². The van der Waals surface area contributed by atoms with Gasteiger partial charge in [0.25, 0.3) is 0 Å². The van der Waals surface area contributed by atoms with E-state index in [4.69, 9.17) is 20.2 Å². The molecule has 0 amide bonds. The Morgan fingerprint density at radius 1 is 0.462 bits per heavy atom. The first-order chi connectivity index (χ1) is 43.3. The zero-order valence-corrected chi connectivity index (χ0v) is 61.2. The predicted molar refractivity (Wildman–Crippen MR) is 366 cm³/mol. The molecule has 479 valence electrons. The van der Waals surface area contributed by atoms with Crippen LogP contribution in [0.5, 0.6) is 0 Å². The molecular formula is C79H70FIr3N5O4S-4. The molecule has 14 heteroatoms. The smallest absolute Gasteiger partial charge is 0.155 e. The van der Waals surface area contributed by atoms with Crippen LogP contribution >= 0.6 is 11.3 Å². The van der Waals surface area contributed by atoms with Crippen LogP contribution in [-0.2, 0) is 69.9 Å². The van der Waals surface area contributed by atoms with Gasteiger partial charge in [-0.3, -0.25) is 14.6 Å². The Morgan fingerprint density at radius 2 is 1.01 bits per heavy atom. The number of rotatable bonds is 9. The van der Waals surface area contributed by atoms with Crippen LogP contribution < -0.4 is 0 Å². The quantitative estimate of drug-likeness (QED) is 0.0821. The normalized spacial score (nSPS) is 10.4. The van der Waals surface area contributed by atoms with E-state index in [1.54, 1.807) is 35.9 Å². The molecule has 0 bridgehead atoms. The number of aryl methyl sites for hydroxylation is 6. The van der Waals surface area contributed by atoms with E-state index in [1.165, 1.54) is 89.9 Å². The fraction of sp³-hybridized carbons (Fsp3) is 0.127. The van der Waals surface area contributed by atoms with Gasteiger partial charge >= 0.3 is 0 Å². The summed E-state index contributed by atoms with van der Waals surface area (Å²) in [7, 11) is 0. The van der Waals surface area contributed by atoms with Gasteiger partial charge in [-0.15, -0.1) is 154 Å². The van der Waals surface area contributed by atoms with Crippen molar-refractivity contribution < 1.29 is 84.5 Å². The maximum absolute atomic E-state index is 12.9. The molecule has 9 nitrogen and oxygen atoms in total. The fourth-order valence-corrected chi connectivity index (χ4v) is 10.3.